The molecule has 2 saturated carbocycles. The second-order valence-electron chi connectivity index (χ2n) is 8.53. The summed E-state index contributed by atoms with van der Waals surface area (Å²) in [5.41, 5.74) is 0.370. The Morgan fingerprint density at radius 3 is 2.82 bits per heavy atom. The highest BCUT2D eigenvalue weighted by Gasteiger charge is 2.44. The molecule has 4 atom stereocenters. The van der Waals surface area contributed by atoms with E-state index in [1.54, 1.807) is 0 Å². The van der Waals surface area contributed by atoms with Crippen molar-refractivity contribution in [1.82, 2.24) is 9.80 Å². The van der Waals surface area contributed by atoms with Crippen molar-refractivity contribution in [2.75, 3.05) is 31.5 Å². The first-order valence-electron chi connectivity index (χ1n) is 10.4. The van der Waals surface area contributed by atoms with Gasteiger partial charge in [0.15, 0.2) is 0 Å². The lowest BCUT2D eigenvalue weighted by atomic mass is 9.94. The summed E-state index contributed by atoms with van der Waals surface area (Å²) in [6.45, 7) is 1.93. The first-order valence-corrected chi connectivity index (χ1v) is 10.4. The monoisotopic (exact) mass is 393 g/mol. The molecule has 1 saturated heterocycles. The molecule has 2 aliphatic carbocycles. The molecule has 3 fully saturated rings. The Bertz CT molecular complexity index is 717. The van der Waals surface area contributed by atoms with Crippen molar-refractivity contribution in [2.24, 2.45) is 11.8 Å². The number of benzene rings is 1. The number of hydrogen-bond acceptors (Lipinski definition) is 3. The van der Waals surface area contributed by atoms with Crippen LogP contribution < -0.4 is 5.32 Å². The number of nitrogens with zero attached hydrogens (tertiary/aromatic N) is 2. The number of urea groups is 1. The van der Waals surface area contributed by atoms with Gasteiger partial charge in [0.2, 0.25) is 0 Å². The molecule has 1 aliphatic heterocycles. The van der Waals surface area contributed by atoms with E-state index in [-0.39, 0.29) is 23.7 Å². The average Bonchev–Trinajstić information content (AvgIpc) is 3.35. The third kappa shape index (κ3) is 4.46. The largest absolute Gasteiger partial charge is 0.392 e. The average molecular weight is 393 g/mol. The number of fused-ring (bicyclic) bond motifs is 1. The van der Waals surface area contributed by atoms with E-state index in [4.69, 9.17) is 0 Å². The third-order valence-corrected chi connectivity index (χ3v) is 6.56. The van der Waals surface area contributed by atoms with E-state index >= 15 is 0 Å². The molecule has 0 radical (unpaired) electrons. The summed E-state index contributed by atoms with van der Waals surface area (Å²) in [6.07, 6.45) is 5.01. The number of halogens is 2. The number of anilines is 1. The molecule has 0 spiro atoms. The number of carbonyl (C=O) groups is 1. The number of amides is 2. The fourth-order valence-electron chi connectivity index (χ4n) is 4.77. The molecule has 5 nitrogen and oxygen atoms in total. The zero-order valence-electron chi connectivity index (χ0n) is 16.1. The predicted octanol–water partition coefficient (Wildman–Crippen LogP) is 3.38. The molecular formula is C21H29F2N3O2. The van der Waals surface area contributed by atoms with E-state index in [2.05, 4.69) is 10.2 Å². The van der Waals surface area contributed by atoms with Crippen molar-refractivity contribution in [3.8, 4) is 0 Å². The summed E-state index contributed by atoms with van der Waals surface area (Å²) in [5, 5.41) is 12.6. The lowest BCUT2D eigenvalue weighted by molar-refractivity contribution is 0.144. The number of likely N-dealkylation sites (tertiary alicyclic amines) is 1. The summed E-state index contributed by atoms with van der Waals surface area (Å²) in [4.78, 5) is 17.1. The Balaban J connectivity index is 1.43. The summed E-state index contributed by atoms with van der Waals surface area (Å²) >= 11 is 0. The van der Waals surface area contributed by atoms with Gasteiger partial charge in [-0.15, -0.1) is 0 Å². The molecule has 0 bridgehead atoms. The standard InChI is InChI=1S/C21H29F2N3O2/c22-12-16-10-17(2-4-20(16)23)24-21(28)26(8-7-25-6-5-19(27)13-25)18-3-1-14-9-15(14)11-18/h2,4,10,14-15,18-19,27H,1,3,5-9,11-13H2,(H,24,28). The molecule has 1 aromatic rings. The molecule has 2 amide bonds. The Labute approximate surface area is 164 Å². The van der Waals surface area contributed by atoms with Crippen molar-refractivity contribution < 1.29 is 18.7 Å². The normalized spacial score (nSPS) is 29.4. The maximum absolute atomic E-state index is 13.5. The van der Waals surface area contributed by atoms with Crippen molar-refractivity contribution in [1.29, 1.82) is 0 Å². The molecule has 1 heterocycles. The molecule has 7 heteroatoms. The molecule has 2 N–H and O–H groups in total. The first kappa shape index (κ1) is 19.6. The highest BCUT2D eigenvalue weighted by Crippen LogP contribution is 2.50. The fraction of sp³-hybridized carbons (Fsp3) is 0.667. The van der Waals surface area contributed by atoms with E-state index in [1.807, 2.05) is 4.90 Å². The second kappa shape index (κ2) is 8.33. The number of β-amino-alcohol motifs (C(OH)–C–C–N with tert-alkyl or cyclic N) is 1. The molecule has 4 rings (SSSR count). The van der Waals surface area contributed by atoms with Gasteiger partial charge in [0.05, 0.1) is 6.10 Å². The molecule has 4 unspecified atom stereocenters. The van der Waals surface area contributed by atoms with Crippen LogP contribution >= 0.6 is 0 Å². The van der Waals surface area contributed by atoms with E-state index < -0.39 is 12.5 Å². The highest BCUT2D eigenvalue weighted by molar-refractivity contribution is 5.89. The minimum absolute atomic E-state index is 0.0473. The quantitative estimate of drug-likeness (QED) is 0.779. The van der Waals surface area contributed by atoms with Crippen LogP contribution in [0.25, 0.3) is 0 Å². The summed E-state index contributed by atoms with van der Waals surface area (Å²) < 4.78 is 26.5. The summed E-state index contributed by atoms with van der Waals surface area (Å²) in [5.74, 6) is 0.989. The van der Waals surface area contributed by atoms with Gasteiger partial charge in [-0.3, -0.25) is 4.90 Å². The summed E-state index contributed by atoms with van der Waals surface area (Å²) in [7, 11) is 0. The number of rotatable bonds is 6. The van der Waals surface area contributed by atoms with Gasteiger partial charge in [-0.25, -0.2) is 13.6 Å². The topological polar surface area (TPSA) is 55.8 Å². The van der Waals surface area contributed by atoms with Gasteiger partial charge in [-0.2, -0.15) is 0 Å². The van der Waals surface area contributed by atoms with E-state index in [9.17, 15) is 18.7 Å². The SMILES string of the molecule is O=C(Nc1ccc(F)c(CF)c1)N(CCN1CCC(O)C1)C1CCC2CC2C1. The molecule has 0 aromatic heterocycles. The number of hydrogen-bond donors (Lipinski definition) is 2. The lowest BCUT2D eigenvalue weighted by Crippen LogP contribution is -2.47. The van der Waals surface area contributed by atoms with Crippen molar-refractivity contribution in [3.05, 3.63) is 29.6 Å². The van der Waals surface area contributed by atoms with Crippen LogP contribution in [-0.2, 0) is 6.67 Å². The van der Waals surface area contributed by atoms with Crippen molar-refractivity contribution in [3.63, 3.8) is 0 Å². The van der Waals surface area contributed by atoms with Crippen molar-refractivity contribution >= 4 is 11.7 Å². The van der Waals surface area contributed by atoms with Crippen LogP contribution in [0.5, 0.6) is 0 Å². The number of aliphatic hydroxyl groups is 1. The smallest absolute Gasteiger partial charge is 0.322 e. The predicted molar refractivity (Wildman–Crippen MR) is 103 cm³/mol. The fourth-order valence-corrected chi connectivity index (χ4v) is 4.77. The van der Waals surface area contributed by atoms with Gasteiger partial charge < -0.3 is 15.3 Å². The summed E-state index contributed by atoms with van der Waals surface area (Å²) in [6, 6.07) is 4.02. The van der Waals surface area contributed by atoms with Gasteiger partial charge >= 0.3 is 6.03 Å². The Kier molecular flexibility index (Phi) is 5.83. The molecule has 3 aliphatic rings. The zero-order chi connectivity index (χ0) is 19.7. The molecular weight excluding hydrogens is 364 g/mol. The van der Waals surface area contributed by atoms with E-state index in [0.717, 1.165) is 44.2 Å². The van der Waals surface area contributed by atoms with Crippen LogP contribution in [0.2, 0.25) is 0 Å². The van der Waals surface area contributed by atoms with Gasteiger partial charge in [0.1, 0.15) is 12.5 Å². The van der Waals surface area contributed by atoms with Crippen LogP contribution in [0, 0.1) is 17.7 Å². The van der Waals surface area contributed by atoms with Gasteiger partial charge in [-0.05, 0) is 62.1 Å². The molecule has 1 aromatic carbocycles. The first-order chi connectivity index (χ1) is 13.5. The van der Waals surface area contributed by atoms with Crippen LogP contribution in [0.3, 0.4) is 0 Å². The Morgan fingerprint density at radius 2 is 2.11 bits per heavy atom. The van der Waals surface area contributed by atoms with E-state index in [0.29, 0.717) is 18.8 Å². The maximum Gasteiger partial charge on any atom is 0.322 e. The molecule has 154 valence electrons. The van der Waals surface area contributed by atoms with Gasteiger partial charge in [0, 0.05) is 43.5 Å². The third-order valence-electron chi connectivity index (χ3n) is 6.56. The number of carbonyl (C=O) groups excluding carboxylic acids is 1. The van der Waals surface area contributed by atoms with Crippen LogP contribution in [0.4, 0.5) is 19.3 Å². The lowest BCUT2D eigenvalue weighted by Gasteiger charge is -2.35. The van der Waals surface area contributed by atoms with Crippen LogP contribution in [0.15, 0.2) is 18.2 Å². The number of alkyl halides is 1. The molecule has 28 heavy (non-hydrogen) atoms. The van der Waals surface area contributed by atoms with E-state index in [1.165, 1.54) is 31.0 Å². The highest BCUT2D eigenvalue weighted by atomic mass is 19.1. The van der Waals surface area contributed by atoms with Gasteiger partial charge in [-0.1, -0.05) is 0 Å². The minimum atomic E-state index is -0.901. The van der Waals surface area contributed by atoms with Crippen LogP contribution in [-0.4, -0.2) is 59.3 Å². The van der Waals surface area contributed by atoms with Gasteiger partial charge in [0.25, 0.3) is 0 Å². The maximum atomic E-state index is 13.5. The Morgan fingerprint density at radius 1 is 1.25 bits per heavy atom. The minimum Gasteiger partial charge on any atom is -0.392 e. The second-order valence-corrected chi connectivity index (χ2v) is 8.53. The zero-order valence-corrected chi connectivity index (χ0v) is 16.1. The van der Waals surface area contributed by atoms with Crippen molar-refractivity contribution in [2.45, 2.75) is 50.9 Å². The van der Waals surface area contributed by atoms with Crippen LogP contribution in [0.1, 0.15) is 37.7 Å². The Hall–Kier alpha value is -1.73. The number of aliphatic hydroxyl groups excluding tert-OH is 1. The number of nitrogens with one attached hydrogen (secondary N) is 1.